The summed E-state index contributed by atoms with van der Waals surface area (Å²) < 4.78 is 5.28. The lowest BCUT2D eigenvalue weighted by atomic mass is 10.1. The van der Waals surface area contributed by atoms with E-state index in [1.54, 1.807) is 6.92 Å². The smallest absolute Gasteiger partial charge is 0.306 e. The molecule has 0 bridgehead atoms. The Morgan fingerprint density at radius 2 is 2.35 bits per heavy atom. The predicted molar refractivity (Wildman–Crippen MR) is 60.3 cm³/mol. The van der Waals surface area contributed by atoms with Crippen molar-refractivity contribution in [2.24, 2.45) is 5.92 Å². The zero-order valence-corrected chi connectivity index (χ0v) is 9.64. The lowest BCUT2D eigenvalue weighted by Gasteiger charge is -2.18. The van der Waals surface area contributed by atoms with Crippen LogP contribution in [0.15, 0.2) is 0 Å². The van der Waals surface area contributed by atoms with Crippen LogP contribution >= 0.6 is 0 Å². The van der Waals surface area contributed by atoms with Crippen molar-refractivity contribution in [1.29, 1.82) is 0 Å². The van der Waals surface area contributed by atoms with Crippen LogP contribution in [-0.4, -0.2) is 27.7 Å². The van der Waals surface area contributed by atoms with Crippen LogP contribution in [0.4, 0.5) is 5.82 Å². The number of carboxylic acids is 1. The molecule has 3 N–H and O–H groups in total. The summed E-state index contributed by atoms with van der Waals surface area (Å²) in [7, 11) is 0. The van der Waals surface area contributed by atoms with Gasteiger partial charge < -0.3 is 15.6 Å². The molecule has 0 aliphatic carbocycles. The minimum atomic E-state index is -0.853. The molecule has 0 radical (unpaired) electrons. The van der Waals surface area contributed by atoms with Crippen molar-refractivity contribution in [2.45, 2.75) is 26.4 Å². The molecule has 1 unspecified atom stereocenters. The third-order valence-electron chi connectivity index (χ3n) is 2.81. The molecule has 1 aliphatic heterocycles. The Morgan fingerprint density at radius 1 is 1.59 bits per heavy atom. The van der Waals surface area contributed by atoms with Crippen LogP contribution in [0, 0.1) is 5.92 Å². The van der Waals surface area contributed by atoms with Crippen LogP contribution in [0.25, 0.3) is 0 Å². The molecule has 92 valence electrons. The predicted octanol–water partition coefficient (Wildman–Crippen LogP) is 0.395. The highest BCUT2D eigenvalue weighted by molar-refractivity contribution is 5.69. The SMILES string of the molecule is CC(Cc1nc(N)c2c(n1)CCOC2)C(=O)O. The van der Waals surface area contributed by atoms with E-state index in [0.29, 0.717) is 37.7 Å². The molecule has 17 heavy (non-hydrogen) atoms. The van der Waals surface area contributed by atoms with E-state index >= 15 is 0 Å². The Labute approximate surface area is 98.8 Å². The molecule has 1 aromatic rings. The van der Waals surface area contributed by atoms with Crippen LogP contribution in [0.5, 0.6) is 0 Å². The lowest BCUT2D eigenvalue weighted by Crippen LogP contribution is -2.20. The Kier molecular flexibility index (Phi) is 3.23. The van der Waals surface area contributed by atoms with Gasteiger partial charge in [0.05, 0.1) is 24.8 Å². The molecule has 2 heterocycles. The van der Waals surface area contributed by atoms with Gasteiger partial charge in [-0.1, -0.05) is 6.92 Å². The first-order valence-corrected chi connectivity index (χ1v) is 5.52. The van der Waals surface area contributed by atoms with Crippen LogP contribution < -0.4 is 5.73 Å². The van der Waals surface area contributed by atoms with E-state index < -0.39 is 11.9 Å². The van der Waals surface area contributed by atoms with Crippen molar-refractivity contribution >= 4 is 11.8 Å². The normalized spacial score (nSPS) is 16.3. The summed E-state index contributed by atoms with van der Waals surface area (Å²) in [6, 6.07) is 0. The fourth-order valence-corrected chi connectivity index (χ4v) is 1.76. The molecule has 0 spiro atoms. The van der Waals surface area contributed by atoms with E-state index in [9.17, 15) is 4.79 Å². The maximum atomic E-state index is 10.8. The first-order valence-electron chi connectivity index (χ1n) is 5.52. The fraction of sp³-hybridized carbons (Fsp3) is 0.545. The standard InChI is InChI=1S/C11H15N3O3/c1-6(11(15)16)4-9-13-8-2-3-17-5-7(8)10(12)14-9/h6H,2-5H2,1H3,(H,15,16)(H2,12,13,14). The number of hydrogen-bond donors (Lipinski definition) is 2. The molecular weight excluding hydrogens is 222 g/mol. The van der Waals surface area contributed by atoms with Crippen LogP contribution in [0.2, 0.25) is 0 Å². The Hall–Kier alpha value is -1.69. The van der Waals surface area contributed by atoms with Crippen LogP contribution in [0.1, 0.15) is 24.0 Å². The van der Waals surface area contributed by atoms with E-state index in [2.05, 4.69) is 9.97 Å². The van der Waals surface area contributed by atoms with Gasteiger partial charge in [0.2, 0.25) is 0 Å². The Bertz CT molecular complexity index is 448. The van der Waals surface area contributed by atoms with Gasteiger partial charge in [0.25, 0.3) is 0 Å². The van der Waals surface area contributed by atoms with E-state index in [4.69, 9.17) is 15.6 Å². The average molecular weight is 237 g/mol. The summed E-state index contributed by atoms with van der Waals surface area (Å²) >= 11 is 0. The lowest BCUT2D eigenvalue weighted by molar-refractivity contribution is -0.141. The molecule has 0 saturated heterocycles. The van der Waals surface area contributed by atoms with Gasteiger partial charge in [-0.15, -0.1) is 0 Å². The number of nitrogens with two attached hydrogens (primary N) is 1. The number of nitrogen functional groups attached to an aromatic ring is 1. The number of ether oxygens (including phenoxy) is 1. The molecule has 0 aromatic carbocycles. The molecule has 0 saturated carbocycles. The fourth-order valence-electron chi connectivity index (χ4n) is 1.76. The molecule has 0 fully saturated rings. The molecule has 1 aliphatic rings. The number of anilines is 1. The van der Waals surface area contributed by atoms with Gasteiger partial charge in [-0.25, -0.2) is 9.97 Å². The molecular formula is C11H15N3O3. The van der Waals surface area contributed by atoms with Gasteiger partial charge in [-0.2, -0.15) is 0 Å². The molecule has 6 heteroatoms. The summed E-state index contributed by atoms with van der Waals surface area (Å²) in [4.78, 5) is 19.3. The number of rotatable bonds is 3. The van der Waals surface area contributed by atoms with Gasteiger partial charge in [-0.05, 0) is 0 Å². The second kappa shape index (κ2) is 4.67. The summed E-state index contributed by atoms with van der Waals surface area (Å²) in [5.41, 5.74) is 7.54. The van der Waals surface area contributed by atoms with Gasteiger partial charge in [0, 0.05) is 18.4 Å². The van der Waals surface area contributed by atoms with Gasteiger partial charge in [-0.3, -0.25) is 4.79 Å². The van der Waals surface area contributed by atoms with E-state index in [-0.39, 0.29) is 0 Å². The number of carbonyl (C=O) groups is 1. The van der Waals surface area contributed by atoms with Crippen molar-refractivity contribution in [3.63, 3.8) is 0 Å². The summed E-state index contributed by atoms with van der Waals surface area (Å²) in [6.45, 7) is 2.69. The van der Waals surface area contributed by atoms with Crippen molar-refractivity contribution < 1.29 is 14.6 Å². The van der Waals surface area contributed by atoms with Crippen molar-refractivity contribution in [1.82, 2.24) is 9.97 Å². The largest absolute Gasteiger partial charge is 0.481 e. The van der Waals surface area contributed by atoms with Gasteiger partial charge in [0.1, 0.15) is 11.6 Å². The van der Waals surface area contributed by atoms with E-state index in [1.807, 2.05) is 0 Å². The third-order valence-corrected chi connectivity index (χ3v) is 2.81. The maximum Gasteiger partial charge on any atom is 0.306 e. The highest BCUT2D eigenvalue weighted by atomic mass is 16.5. The van der Waals surface area contributed by atoms with Crippen molar-refractivity contribution in [2.75, 3.05) is 12.3 Å². The number of aromatic nitrogens is 2. The van der Waals surface area contributed by atoms with Gasteiger partial charge >= 0.3 is 5.97 Å². The number of nitrogens with zero attached hydrogens (tertiary/aromatic N) is 2. The Morgan fingerprint density at radius 3 is 3.06 bits per heavy atom. The number of carboxylic acid groups (broad SMARTS) is 1. The first-order chi connectivity index (χ1) is 8.08. The zero-order chi connectivity index (χ0) is 12.4. The maximum absolute atomic E-state index is 10.8. The van der Waals surface area contributed by atoms with Crippen LogP contribution in [0.3, 0.4) is 0 Å². The molecule has 2 rings (SSSR count). The zero-order valence-electron chi connectivity index (χ0n) is 9.64. The topological polar surface area (TPSA) is 98.3 Å². The molecule has 0 amide bonds. The number of fused-ring (bicyclic) bond motifs is 1. The highest BCUT2D eigenvalue weighted by Gasteiger charge is 2.19. The van der Waals surface area contributed by atoms with Crippen molar-refractivity contribution in [3.8, 4) is 0 Å². The van der Waals surface area contributed by atoms with E-state index in [1.165, 1.54) is 0 Å². The number of aliphatic carboxylic acids is 1. The quantitative estimate of drug-likeness (QED) is 0.789. The molecule has 6 nitrogen and oxygen atoms in total. The highest BCUT2D eigenvalue weighted by Crippen LogP contribution is 2.20. The Balaban J connectivity index is 2.25. The summed E-state index contributed by atoms with van der Waals surface area (Å²) in [5, 5.41) is 8.84. The summed E-state index contributed by atoms with van der Waals surface area (Å²) in [5.74, 6) is -0.458. The van der Waals surface area contributed by atoms with Gasteiger partial charge in [0.15, 0.2) is 0 Å². The minimum Gasteiger partial charge on any atom is -0.481 e. The second-order valence-electron chi connectivity index (χ2n) is 4.20. The number of hydrogen-bond acceptors (Lipinski definition) is 5. The first kappa shape index (κ1) is 11.8. The average Bonchev–Trinajstić information content (AvgIpc) is 2.29. The monoisotopic (exact) mass is 237 g/mol. The van der Waals surface area contributed by atoms with Crippen molar-refractivity contribution in [3.05, 3.63) is 17.1 Å². The van der Waals surface area contributed by atoms with Crippen LogP contribution in [-0.2, 0) is 29.0 Å². The third kappa shape index (κ3) is 2.52. The second-order valence-corrected chi connectivity index (χ2v) is 4.20. The van der Waals surface area contributed by atoms with E-state index in [0.717, 1.165) is 11.3 Å². The molecule has 1 atom stereocenters. The minimum absolute atomic E-state index is 0.299. The summed E-state index contributed by atoms with van der Waals surface area (Å²) in [6.07, 6.45) is 1.00. The molecule has 1 aromatic heterocycles.